The van der Waals surface area contributed by atoms with Gasteiger partial charge in [0, 0.05) is 6.42 Å². The highest BCUT2D eigenvalue weighted by molar-refractivity contribution is 5.76. The van der Waals surface area contributed by atoms with Gasteiger partial charge in [0.2, 0.25) is 5.91 Å². The van der Waals surface area contributed by atoms with Gasteiger partial charge in [0.15, 0.2) is 6.29 Å². The first-order valence-electron chi connectivity index (χ1n) is 24.2. The maximum Gasteiger partial charge on any atom is 0.220 e. The van der Waals surface area contributed by atoms with Gasteiger partial charge < -0.3 is 40.3 Å². The second-order valence-electron chi connectivity index (χ2n) is 16.9. The van der Waals surface area contributed by atoms with Crippen LogP contribution < -0.4 is 5.32 Å². The molecule has 7 atom stereocenters. The van der Waals surface area contributed by atoms with Crippen LogP contribution in [-0.4, -0.2) is 87.5 Å². The van der Waals surface area contributed by atoms with E-state index in [9.17, 15) is 30.3 Å². The predicted molar refractivity (Wildman–Crippen MR) is 240 cm³/mol. The Morgan fingerprint density at radius 3 is 1.45 bits per heavy atom. The highest BCUT2D eigenvalue weighted by Gasteiger charge is 2.44. The molecule has 0 aromatic rings. The first-order valence-corrected chi connectivity index (χ1v) is 24.2. The summed E-state index contributed by atoms with van der Waals surface area (Å²) in [5.41, 5.74) is 0. The molecule has 1 heterocycles. The van der Waals surface area contributed by atoms with E-state index in [0.717, 1.165) is 38.5 Å². The van der Waals surface area contributed by atoms with Crippen molar-refractivity contribution in [3.63, 3.8) is 0 Å². The van der Waals surface area contributed by atoms with Crippen molar-refractivity contribution in [1.29, 1.82) is 0 Å². The number of allylic oxidation sites excluding steroid dienone is 5. The van der Waals surface area contributed by atoms with Gasteiger partial charge in [-0.2, -0.15) is 0 Å². The van der Waals surface area contributed by atoms with Crippen LogP contribution in [0.4, 0.5) is 0 Å². The second-order valence-corrected chi connectivity index (χ2v) is 16.9. The smallest absolute Gasteiger partial charge is 0.220 e. The lowest BCUT2D eigenvalue weighted by Crippen LogP contribution is -2.60. The minimum absolute atomic E-state index is 0.188. The second kappa shape index (κ2) is 39.5. The first-order chi connectivity index (χ1) is 28.3. The molecule has 0 aromatic carbocycles. The normalized spacial score (nSPS) is 21.1. The fourth-order valence-electron chi connectivity index (χ4n) is 7.52. The minimum atomic E-state index is -1.57. The molecule has 0 aromatic heterocycles. The fourth-order valence-corrected chi connectivity index (χ4v) is 7.52. The molecule has 1 saturated heterocycles. The van der Waals surface area contributed by atoms with Crippen LogP contribution in [0.5, 0.6) is 0 Å². The zero-order chi connectivity index (χ0) is 42.3. The van der Waals surface area contributed by atoms with Gasteiger partial charge in [-0.05, 0) is 57.8 Å². The molecule has 340 valence electrons. The van der Waals surface area contributed by atoms with Crippen molar-refractivity contribution in [2.24, 2.45) is 0 Å². The Morgan fingerprint density at radius 2 is 0.983 bits per heavy atom. The first kappa shape index (κ1) is 54.4. The maximum atomic E-state index is 13.0. The van der Waals surface area contributed by atoms with Crippen LogP contribution >= 0.6 is 0 Å². The number of carbonyl (C=O) groups excluding carboxylic acids is 1. The molecule has 0 aliphatic carbocycles. The van der Waals surface area contributed by atoms with Gasteiger partial charge in [-0.15, -0.1) is 0 Å². The number of carbonyl (C=O) groups is 1. The van der Waals surface area contributed by atoms with Crippen molar-refractivity contribution in [3.8, 4) is 0 Å². The number of nitrogens with one attached hydrogen (secondary N) is 1. The van der Waals surface area contributed by atoms with Gasteiger partial charge in [-0.3, -0.25) is 4.79 Å². The van der Waals surface area contributed by atoms with Crippen molar-refractivity contribution >= 4 is 5.91 Å². The zero-order valence-corrected chi connectivity index (χ0v) is 37.3. The number of hydrogen-bond acceptors (Lipinski definition) is 8. The molecule has 7 unspecified atom stereocenters. The molecule has 1 aliphatic rings. The molecule has 6 N–H and O–H groups in total. The lowest BCUT2D eigenvalue weighted by molar-refractivity contribution is -0.302. The number of aliphatic hydroxyl groups is 5. The Hall–Kier alpha value is -1.59. The molecule has 1 fully saturated rings. The topological polar surface area (TPSA) is 149 Å². The SMILES string of the molecule is CCCCCCCC/C=C/CC/C=C/C(O)C(COC1OC(CO)C(O)C(O)C1O)NC(=O)CCCCCCCCCCCCC/C=C\CCCCCCCCCC. The summed E-state index contributed by atoms with van der Waals surface area (Å²) >= 11 is 0. The largest absolute Gasteiger partial charge is 0.394 e. The summed E-state index contributed by atoms with van der Waals surface area (Å²) in [5, 5.41) is 54.1. The minimum Gasteiger partial charge on any atom is -0.394 e. The molecular weight excluding hydrogens is 731 g/mol. The van der Waals surface area contributed by atoms with Crippen molar-refractivity contribution in [3.05, 3.63) is 36.5 Å². The number of ether oxygens (including phenoxy) is 2. The molecule has 0 saturated carbocycles. The Kier molecular flexibility index (Phi) is 37.1. The van der Waals surface area contributed by atoms with Gasteiger partial charge in [0.05, 0.1) is 25.4 Å². The summed E-state index contributed by atoms with van der Waals surface area (Å²) in [5.74, 6) is -0.188. The summed E-state index contributed by atoms with van der Waals surface area (Å²) in [7, 11) is 0. The summed E-state index contributed by atoms with van der Waals surface area (Å²) in [6, 6.07) is -0.819. The standard InChI is InChI=1S/C49H91NO8/c1-3-5-7-9-11-13-15-17-18-19-20-21-22-23-24-25-26-27-29-31-33-35-37-39-45(53)50-42(41-57-49-48(56)47(55)46(54)44(40-51)58-49)43(52)38-36-34-32-30-28-16-14-12-10-8-6-4-2/h19-20,28,30,36,38,42-44,46-49,51-52,54-56H,3-18,21-27,29,31-35,37,39-41H2,1-2H3,(H,50,53)/b20-19-,30-28+,38-36+. The zero-order valence-electron chi connectivity index (χ0n) is 37.3. The average Bonchev–Trinajstić information content (AvgIpc) is 3.22. The number of aliphatic hydroxyl groups excluding tert-OH is 5. The molecule has 0 spiro atoms. The third-order valence-electron chi connectivity index (χ3n) is 11.4. The lowest BCUT2D eigenvalue weighted by Gasteiger charge is -2.40. The molecule has 9 heteroatoms. The van der Waals surface area contributed by atoms with Crippen LogP contribution in [0.2, 0.25) is 0 Å². The quantitative estimate of drug-likeness (QED) is 0.0264. The molecule has 0 radical (unpaired) electrons. The van der Waals surface area contributed by atoms with Gasteiger partial charge in [0.1, 0.15) is 24.4 Å². The van der Waals surface area contributed by atoms with Crippen molar-refractivity contribution in [2.75, 3.05) is 13.2 Å². The van der Waals surface area contributed by atoms with E-state index in [1.807, 2.05) is 6.08 Å². The van der Waals surface area contributed by atoms with Crippen LogP contribution in [0.3, 0.4) is 0 Å². The predicted octanol–water partition coefficient (Wildman–Crippen LogP) is 10.5. The monoisotopic (exact) mass is 822 g/mol. The van der Waals surface area contributed by atoms with Crippen LogP contribution in [-0.2, 0) is 14.3 Å². The lowest BCUT2D eigenvalue weighted by atomic mass is 9.99. The highest BCUT2D eigenvalue weighted by atomic mass is 16.7. The van der Waals surface area contributed by atoms with E-state index >= 15 is 0 Å². The number of hydrogen-bond donors (Lipinski definition) is 6. The van der Waals surface area contributed by atoms with Gasteiger partial charge in [0.25, 0.3) is 0 Å². The number of unbranched alkanes of at least 4 members (excludes halogenated alkanes) is 26. The summed E-state index contributed by atoms with van der Waals surface area (Å²) in [6.07, 6.45) is 42.0. The molecule has 9 nitrogen and oxygen atoms in total. The van der Waals surface area contributed by atoms with Crippen molar-refractivity contribution in [2.45, 2.75) is 256 Å². The molecule has 1 rings (SSSR count). The molecular formula is C49H91NO8. The Labute approximate surface area is 355 Å². The van der Waals surface area contributed by atoms with Crippen LogP contribution in [0, 0.1) is 0 Å². The molecule has 1 amide bonds. The third kappa shape index (κ3) is 29.6. The van der Waals surface area contributed by atoms with Gasteiger partial charge in [-0.25, -0.2) is 0 Å². The molecule has 0 bridgehead atoms. The van der Waals surface area contributed by atoms with Crippen molar-refractivity contribution in [1.82, 2.24) is 5.32 Å². The summed E-state index contributed by atoms with van der Waals surface area (Å²) in [4.78, 5) is 13.0. The van der Waals surface area contributed by atoms with E-state index in [1.54, 1.807) is 6.08 Å². The maximum absolute atomic E-state index is 13.0. The van der Waals surface area contributed by atoms with Crippen LogP contribution in [0.15, 0.2) is 36.5 Å². The molecule has 1 aliphatic heterocycles. The number of amides is 1. The van der Waals surface area contributed by atoms with Gasteiger partial charge >= 0.3 is 0 Å². The Balaban J connectivity index is 2.28. The van der Waals surface area contributed by atoms with E-state index < -0.39 is 49.5 Å². The van der Waals surface area contributed by atoms with Crippen LogP contribution in [0.25, 0.3) is 0 Å². The Morgan fingerprint density at radius 1 is 0.569 bits per heavy atom. The van der Waals surface area contributed by atoms with E-state index in [0.29, 0.717) is 6.42 Å². The van der Waals surface area contributed by atoms with Crippen LogP contribution in [0.1, 0.15) is 213 Å². The highest BCUT2D eigenvalue weighted by Crippen LogP contribution is 2.22. The van der Waals surface area contributed by atoms with E-state index in [1.165, 1.54) is 154 Å². The van der Waals surface area contributed by atoms with Crippen molar-refractivity contribution < 1.29 is 39.8 Å². The average molecular weight is 822 g/mol. The van der Waals surface area contributed by atoms with E-state index in [2.05, 4.69) is 43.5 Å². The van der Waals surface area contributed by atoms with E-state index in [4.69, 9.17) is 9.47 Å². The van der Waals surface area contributed by atoms with E-state index in [-0.39, 0.29) is 12.5 Å². The number of rotatable bonds is 40. The van der Waals surface area contributed by atoms with Gasteiger partial charge in [-0.1, -0.05) is 185 Å². The Bertz CT molecular complexity index is 1000. The fraction of sp³-hybridized carbons (Fsp3) is 0.857. The summed E-state index contributed by atoms with van der Waals surface area (Å²) < 4.78 is 11.2. The molecule has 58 heavy (non-hydrogen) atoms. The third-order valence-corrected chi connectivity index (χ3v) is 11.4. The summed E-state index contributed by atoms with van der Waals surface area (Å²) in [6.45, 7) is 3.74.